The van der Waals surface area contributed by atoms with Crippen LogP contribution in [-0.2, 0) is 9.47 Å². The van der Waals surface area contributed by atoms with E-state index in [1.54, 1.807) is 0 Å². The fourth-order valence-electron chi connectivity index (χ4n) is 5.40. The van der Waals surface area contributed by atoms with Crippen molar-refractivity contribution in [2.45, 2.75) is 180 Å². The van der Waals surface area contributed by atoms with Crippen molar-refractivity contribution in [2.75, 3.05) is 6.61 Å². The predicted octanol–water partition coefficient (Wildman–Crippen LogP) is 8.47. The van der Waals surface area contributed by atoms with Gasteiger partial charge in [0.15, 0.2) is 6.29 Å². The summed E-state index contributed by atoms with van der Waals surface area (Å²) < 4.78 is 11.8. The maximum Gasteiger partial charge on any atom is 0.186 e. The van der Waals surface area contributed by atoms with Crippen molar-refractivity contribution < 1.29 is 19.7 Å². The molecule has 5 heteroatoms. The minimum absolute atomic E-state index is 0.0474. The first-order valence-electron chi connectivity index (χ1n) is 15.5. The Balaban J connectivity index is 1.96. The molecule has 1 saturated heterocycles. The third-order valence-corrected chi connectivity index (χ3v) is 11.5. The van der Waals surface area contributed by atoms with Crippen LogP contribution in [0, 0.1) is 5.92 Å². The van der Waals surface area contributed by atoms with E-state index in [9.17, 15) is 10.2 Å². The molecule has 2 N–H and O–H groups in total. The highest BCUT2D eigenvalue weighted by Crippen LogP contribution is 2.29. The summed E-state index contributed by atoms with van der Waals surface area (Å²) >= 11 is 0. The molecule has 1 aliphatic rings. The Hall–Kier alpha value is 0.0569. The minimum Gasteiger partial charge on any atom is -0.390 e. The number of hydrogen-bond donors (Lipinski definition) is 2. The van der Waals surface area contributed by atoms with Gasteiger partial charge in [-0.1, -0.05) is 143 Å². The van der Waals surface area contributed by atoms with Crippen molar-refractivity contribution in [3.05, 3.63) is 0 Å². The molecule has 1 aliphatic heterocycles. The Kier molecular flexibility index (Phi) is 19.0. The molecule has 0 aromatic carbocycles. The van der Waals surface area contributed by atoms with Crippen LogP contribution >= 0.6 is 0 Å². The molecule has 4 nitrogen and oxygen atoms in total. The van der Waals surface area contributed by atoms with Gasteiger partial charge in [0, 0.05) is 20.6 Å². The van der Waals surface area contributed by atoms with E-state index >= 15 is 0 Å². The highest BCUT2D eigenvalue weighted by atomic mass is 28.3. The van der Waals surface area contributed by atoms with Gasteiger partial charge >= 0.3 is 0 Å². The van der Waals surface area contributed by atoms with Gasteiger partial charge in [0.25, 0.3) is 0 Å². The van der Waals surface area contributed by atoms with Crippen LogP contribution in [-0.4, -0.2) is 49.5 Å². The quantitative estimate of drug-likeness (QED) is 0.112. The van der Waals surface area contributed by atoms with Crippen LogP contribution in [0.3, 0.4) is 0 Å². The Bertz CT molecular complexity index is 485. The zero-order chi connectivity index (χ0) is 25.9. The molecule has 0 spiro atoms. The van der Waals surface area contributed by atoms with Gasteiger partial charge < -0.3 is 19.7 Å². The van der Waals surface area contributed by atoms with E-state index in [0.717, 1.165) is 12.5 Å². The lowest BCUT2D eigenvalue weighted by atomic mass is 9.89. The number of aliphatic hydroxyl groups excluding tert-OH is 2. The van der Waals surface area contributed by atoms with Crippen LogP contribution < -0.4 is 0 Å². The number of ether oxygens (including phenoxy) is 2. The lowest BCUT2D eigenvalue weighted by molar-refractivity contribution is -0.282. The molecule has 35 heavy (non-hydrogen) atoms. The van der Waals surface area contributed by atoms with Crippen LogP contribution in [0.1, 0.15) is 130 Å². The smallest absolute Gasteiger partial charge is 0.186 e. The third kappa shape index (κ3) is 15.2. The van der Waals surface area contributed by atoms with E-state index in [1.165, 1.54) is 109 Å². The lowest BCUT2D eigenvalue weighted by Crippen LogP contribution is -2.54. The minimum atomic E-state index is -1.30. The van der Waals surface area contributed by atoms with E-state index < -0.39 is 26.6 Å². The molecule has 0 saturated carbocycles. The molecular weight excluding hydrogens is 452 g/mol. The average molecular weight is 515 g/mol. The van der Waals surface area contributed by atoms with Gasteiger partial charge in [-0.25, -0.2) is 0 Å². The summed E-state index contributed by atoms with van der Waals surface area (Å²) in [6, 6.07) is 2.43. The summed E-state index contributed by atoms with van der Waals surface area (Å²) in [5.41, 5.74) is 0. The number of aliphatic hydroxyl groups is 2. The highest BCUT2D eigenvalue weighted by Gasteiger charge is 2.42. The molecule has 210 valence electrons. The van der Waals surface area contributed by atoms with Crippen LogP contribution in [0.2, 0.25) is 25.2 Å². The van der Waals surface area contributed by atoms with E-state index in [2.05, 4.69) is 26.9 Å². The first kappa shape index (κ1) is 33.1. The van der Waals surface area contributed by atoms with Gasteiger partial charge in [0.05, 0.1) is 12.2 Å². The van der Waals surface area contributed by atoms with Gasteiger partial charge in [-0.05, 0) is 12.5 Å². The van der Waals surface area contributed by atoms with E-state index in [0.29, 0.717) is 6.61 Å². The number of rotatable bonds is 22. The van der Waals surface area contributed by atoms with E-state index in [4.69, 9.17) is 9.47 Å². The van der Waals surface area contributed by atoms with Crippen LogP contribution in [0.4, 0.5) is 0 Å². The molecule has 0 radical (unpaired) electrons. The van der Waals surface area contributed by atoms with Gasteiger partial charge in [-0.3, -0.25) is 0 Å². The second-order valence-electron chi connectivity index (χ2n) is 12.1. The summed E-state index contributed by atoms with van der Waals surface area (Å²) in [4.78, 5) is 0. The van der Waals surface area contributed by atoms with Crippen LogP contribution in [0.25, 0.3) is 0 Å². The fourth-order valence-corrected chi connectivity index (χ4v) is 7.53. The Morgan fingerprint density at radius 1 is 0.657 bits per heavy atom. The van der Waals surface area contributed by atoms with Gasteiger partial charge in [0.2, 0.25) is 0 Å². The molecule has 1 rings (SSSR count). The van der Waals surface area contributed by atoms with Crippen molar-refractivity contribution >= 4 is 8.07 Å². The number of unbranched alkanes of at least 4 members (excludes halogenated alkanes) is 15. The van der Waals surface area contributed by atoms with Crippen molar-refractivity contribution in [2.24, 2.45) is 5.92 Å². The molecule has 0 amide bonds. The lowest BCUT2D eigenvalue weighted by Gasteiger charge is -2.41. The van der Waals surface area contributed by atoms with E-state index in [-0.39, 0.29) is 12.0 Å². The first-order valence-corrected chi connectivity index (χ1v) is 18.9. The SMILES string of the molecule is CCCCCCCCCCCCCCCCCC[Si](C)(C)CCOC1OC(CC)C(C)C(O)C1O. The zero-order valence-corrected chi connectivity index (χ0v) is 25.2. The van der Waals surface area contributed by atoms with Crippen LogP contribution in [0.5, 0.6) is 0 Å². The standard InChI is InChI=1S/C30H62O4Si/c1-6-8-9-10-11-12-13-14-15-16-17-18-19-20-21-22-24-35(4,5)25-23-33-30-29(32)28(31)26(3)27(7-2)34-30/h26-32H,6-25H2,1-5H3. The number of hydrogen-bond acceptors (Lipinski definition) is 4. The Morgan fingerprint density at radius 3 is 1.57 bits per heavy atom. The molecule has 1 heterocycles. The second kappa shape index (κ2) is 20.1. The second-order valence-corrected chi connectivity index (χ2v) is 17.5. The van der Waals surface area contributed by atoms with Crippen molar-refractivity contribution in [1.29, 1.82) is 0 Å². The summed E-state index contributed by atoms with van der Waals surface area (Å²) in [6.07, 6.45) is 21.0. The molecule has 5 unspecified atom stereocenters. The van der Waals surface area contributed by atoms with Gasteiger partial charge in [-0.15, -0.1) is 0 Å². The van der Waals surface area contributed by atoms with Crippen molar-refractivity contribution in [3.8, 4) is 0 Å². The topological polar surface area (TPSA) is 58.9 Å². The summed E-state index contributed by atoms with van der Waals surface area (Å²) in [5.74, 6) is -0.0597. The molecule has 0 bridgehead atoms. The normalized spacial score (nSPS) is 25.3. The Labute approximate surface area is 220 Å². The Morgan fingerprint density at radius 2 is 1.11 bits per heavy atom. The maximum absolute atomic E-state index is 10.3. The zero-order valence-electron chi connectivity index (χ0n) is 24.2. The highest BCUT2D eigenvalue weighted by molar-refractivity contribution is 6.77. The summed E-state index contributed by atoms with van der Waals surface area (Å²) in [7, 11) is -1.30. The van der Waals surface area contributed by atoms with Crippen molar-refractivity contribution in [3.63, 3.8) is 0 Å². The fraction of sp³-hybridized carbons (Fsp3) is 1.00. The van der Waals surface area contributed by atoms with Crippen molar-refractivity contribution in [1.82, 2.24) is 0 Å². The van der Waals surface area contributed by atoms with Crippen LogP contribution in [0.15, 0.2) is 0 Å². The molecule has 1 fully saturated rings. The first-order chi connectivity index (χ1) is 16.8. The average Bonchev–Trinajstić information content (AvgIpc) is 2.83. The predicted molar refractivity (Wildman–Crippen MR) is 153 cm³/mol. The molecule has 0 aromatic rings. The largest absolute Gasteiger partial charge is 0.390 e. The van der Waals surface area contributed by atoms with Gasteiger partial charge in [0.1, 0.15) is 6.10 Å². The maximum atomic E-state index is 10.3. The van der Waals surface area contributed by atoms with Gasteiger partial charge in [-0.2, -0.15) is 0 Å². The van der Waals surface area contributed by atoms with E-state index in [1.807, 2.05) is 6.92 Å². The summed E-state index contributed by atoms with van der Waals surface area (Å²) in [5, 5.41) is 20.6. The molecule has 5 atom stereocenters. The molecular formula is C30H62O4Si. The third-order valence-electron chi connectivity index (χ3n) is 8.23. The molecule has 0 aromatic heterocycles. The summed E-state index contributed by atoms with van der Waals surface area (Å²) in [6.45, 7) is 11.8. The monoisotopic (exact) mass is 514 g/mol. The molecule has 0 aliphatic carbocycles.